The monoisotopic (exact) mass is 203 g/mol. The van der Waals surface area contributed by atoms with E-state index in [4.69, 9.17) is 0 Å². The number of rotatable bonds is 0. The maximum atomic E-state index is 11.5. The highest BCUT2D eigenvalue weighted by Gasteiger charge is 2.10. The van der Waals surface area contributed by atoms with E-state index in [1.807, 2.05) is 0 Å². The molecule has 0 atom stereocenters. The summed E-state index contributed by atoms with van der Waals surface area (Å²) in [5.74, 6) is 0. The third-order valence-corrected chi connectivity index (χ3v) is 2.15. The molecule has 0 aromatic carbocycles. The molecule has 0 bridgehead atoms. The molecule has 14 heavy (non-hydrogen) atoms. The summed E-state index contributed by atoms with van der Waals surface area (Å²) in [6, 6.07) is 0. The summed E-state index contributed by atoms with van der Waals surface area (Å²) >= 11 is 0. The standard InChI is InChI=1S/C7H8N4O3/c1-10-3-4(8-6(10)13)9-7(14)11(2)5(3)12/h1-2H3,(H,8,13)(H,9,14)/i3+1,4+1,5+1,7+1,8+1,9+1,11+1. The van der Waals surface area contributed by atoms with Gasteiger partial charge >= 0.3 is 11.4 Å². The van der Waals surface area contributed by atoms with Gasteiger partial charge in [0.2, 0.25) is 0 Å². The molecule has 0 spiro atoms. The molecule has 2 rings (SSSR count). The van der Waals surface area contributed by atoms with Crippen LogP contribution in [0.5, 0.6) is 0 Å². The summed E-state index contributed by atoms with van der Waals surface area (Å²) in [5, 5.41) is 0. The lowest BCUT2D eigenvalue weighted by molar-refractivity contribution is 0.781. The lowest BCUT2D eigenvalue weighted by Gasteiger charge is -1.96. The van der Waals surface area contributed by atoms with E-state index in [0.29, 0.717) is 0 Å². The Hall–Kier alpha value is -2.05. The lowest BCUT2D eigenvalue weighted by atomic mass is 11.2. The maximum absolute atomic E-state index is 11.5. The van der Waals surface area contributed by atoms with Gasteiger partial charge in [-0.1, -0.05) is 0 Å². The van der Waals surface area contributed by atoms with Crippen molar-refractivity contribution >= 4 is 11.2 Å². The molecule has 7 heteroatoms. The molecule has 0 radical (unpaired) electrons. The molecule has 0 saturated heterocycles. The molecule has 0 aliphatic rings. The Kier molecular flexibility index (Phi) is 1.51. The van der Waals surface area contributed by atoms with E-state index in [1.54, 1.807) is 0 Å². The van der Waals surface area contributed by atoms with E-state index in [9.17, 15) is 14.4 Å². The van der Waals surface area contributed by atoms with Crippen LogP contribution in [0.1, 0.15) is 0 Å². The van der Waals surface area contributed by atoms with Crippen LogP contribution < -0.4 is 16.9 Å². The average Bonchev–Trinajstić information content (AvgIpc) is 2.39. The second-order valence-corrected chi connectivity index (χ2v) is 3.01. The normalized spacial score (nSPS) is 11.0. The molecule has 2 aromatic heterocycles. The number of nitrogens with one attached hydrogen (secondary N) is 2. The van der Waals surface area contributed by atoms with Gasteiger partial charge in [-0.3, -0.25) is 23.9 Å². The van der Waals surface area contributed by atoms with Crippen molar-refractivity contribution in [3.8, 4) is 0 Å². The fraction of sp³-hybridized carbons (Fsp3) is 0.286. The minimum absolute atomic E-state index is 0.158. The van der Waals surface area contributed by atoms with Crippen LogP contribution in [0.15, 0.2) is 14.4 Å². The average molecular weight is 203 g/mol. The Morgan fingerprint density at radius 1 is 0.929 bits per heavy atom. The Bertz CT molecular complexity index is 669. The Labute approximate surface area is 76.6 Å². The molecule has 2 N–H and O–H groups in total. The Balaban J connectivity index is 3.24. The van der Waals surface area contributed by atoms with Crippen molar-refractivity contribution in [2.24, 2.45) is 14.1 Å². The minimum Gasteiger partial charge on any atom is -0.291 e. The zero-order valence-electron chi connectivity index (χ0n) is 7.62. The van der Waals surface area contributed by atoms with Crippen LogP contribution in [0.2, 0.25) is 0 Å². The molecule has 2 heterocycles. The molecule has 0 unspecified atom stereocenters. The van der Waals surface area contributed by atoms with Crippen molar-refractivity contribution in [3.63, 3.8) is 0 Å². The Morgan fingerprint density at radius 3 is 2.00 bits per heavy atom. The number of hydrogen-bond acceptors (Lipinski definition) is 3. The fourth-order valence-electron chi connectivity index (χ4n) is 1.30. The molecular formula is C7H8N4O3. The highest BCUT2D eigenvalue weighted by Crippen LogP contribution is 1.94. The van der Waals surface area contributed by atoms with Crippen molar-refractivity contribution in [3.05, 3.63) is 31.3 Å². The number of fused-ring (bicyclic) bond motifs is 1. The molecule has 0 aliphatic heterocycles. The van der Waals surface area contributed by atoms with E-state index in [0.717, 1.165) is 9.13 Å². The smallest absolute Gasteiger partial charge is 0.291 e. The molecule has 0 saturated carbocycles. The summed E-state index contributed by atoms with van der Waals surface area (Å²) in [6.07, 6.45) is 0. The molecule has 0 aliphatic carbocycles. The van der Waals surface area contributed by atoms with E-state index in [2.05, 4.69) is 9.97 Å². The number of aryl methyl sites for hydroxylation is 1. The zero-order chi connectivity index (χ0) is 10.5. The second-order valence-electron chi connectivity index (χ2n) is 3.01. The first kappa shape index (κ1) is 8.54. The quantitative estimate of drug-likeness (QED) is 0.532. The van der Waals surface area contributed by atoms with Crippen molar-refractivity contribution in [1.29, 1.82) is 0 Å². The third-order valence-electron chi connectivity index (χ3n) is 2.15. The molecule has 7 nitrogen and oxygen atoms in total. The van der Waals surface area contributed by atoms with Crippen LogP contribution in [0.3, 0.4) is 0 Å². The van der Waals surface area contributed by atoms with Crippen LogP contribution in [0.25, 0.3) is 11.2 Å². The van der Waals surface area contributed by atoms with Crippen molar-refractivity contribution in [1.82, 2.24) is 19.1 Å². The predicted molar refractivity (Wildman–Crippen MR) is 49.4 cm³/mol. The molecule has 74 valence electrons. The van der Waals surface area contributed by atoms with Gasteiger partial charge < -0.3 is 0 Å². The third kappa shape index (κ3) is 0.889. The predicted octanol–water partition coefficient (Wildman–Crippen LogP) is -1.75. The number of H-pyrrole nitrogens is 2. The number of hydrogen-bond donors (Lipinski definition) is 2. The number of imidazole rings is 1. The van der Waals surface area contributed by atoms with Crippen LogP contribution in [-0.4, -0.2) is 19.1 Å². The van der Waals surface area contributed by atoms with Crippen molar-refractivity contribution in [2.45, 2.75) is 0 Å². The summed E-state index contributed by atoms with van der Waals surface area (Å²) < 4.78 is 2.07. The second kappa shape index (κ2) is 2.47. The zero-order valence-corrected chi connectivity index (χ0v) is 7.62. The van der Waals surface area contributed by atoms with Crippen molar-refractivity contribution in [2.75, 3.05) is 0 Å². The number of aromatic amines is 2. The summed E-state index contributed by atoms with van der Waals surface area (Å²) in [5.41, 5.74) is -1.16. The fourth-order valence-corrected chi connectivity index (χ4v) is 1.30. The van der Waals surface area contributed by atoms with Gasteiger partial charge in [0.05, 0.1) is 0 Å². The number of nitrogens with zero attached hydrogens (tertiary/aromatic N) is 2. The molecule has 0 fully saturated rings. The SMILES string of the molecule is Cn1c(=O)[15nH][13c]2[15nH][13c](=O)[15n](C)[13c](=O)[13c]21. The van der Waals surface area contributed by atoms with Crippen LogP contribution >= 0.6 is 0 Å². The topological polar surface area (TPSA) is 92.7 Å². The van der Waals surface area contributed by atoms with Crippen LogP contribution in [0.4, 0.5) is 0 Å². The molecular weight excluding hydrogens is 195 g/mol. The van der Waals surface area contributed by atoms with Gasteiger partial charge in [0.15, 0.2) is 5.52 Å². The largest absolute Gasteiger partial charge is 0.329 e. The van der Waals surface area contributed by atoms with E-state index in [1.165, 1.54) is 14.1 Å². The molecule has 2 aromatic rings. The highest BCUT2D eigenvalue weighted by molar-refractivity contribution is 5.68. The van der Waals surface area contributed by atoms with E-state index < -0.39 is 16.9 Å². The minimum atomic E-state index is -0.552. The van der Waals surface area contributed by atoms with Crippen LogP contribution in [-0.2, 0) is 14.1 Å². The first-order valence-corrected chi connectivity index (χ1v) is 3.90. The first-order valence-electron chi connectivity index (χ1n) is 3.90. The van der Waals surface area contributed by atoms with Gasteiger partial charge in [-0.05, 0) is 0 Å². The summed E-state index contributed by atoms with van der Waals surface area (Å²) in [4.78, 5) is 38.6. The highest BCUT2D eigenvalue weighted by atomic mass is 16.3. The Morgan fingerprint density at radius 2 is 1.43 bits per heavy atom. The first-order chi connectivity index (χ1) is 6.52. The summed E-state index contributed by atoms with van der Waals surface area (Å²) in [6.45, 7) is 0. The van der Waals surface area contributed by atoms with Gasteiger partial charge in [-0.25, -0.2) is 9.59 Å². The van der Waals surface area contributed by atoms with E-state index >= 15 is 0 Å². The van der Waals surface area contributed by atoms with Gasteiger partial charge in [0, 0.05) is 14.1 Å². The van der Waals surface area contributed by atoms with Gasteiger partial charge in [-0.15, -0.1) is 0 Å². The number of aromatic nitrogens is 4. The summed E-state index contributed by atoms with van der Waals surface area (Å²) in [7, 11) is 2.80. The van der Waals surface area contributed by atoms with Gasteiger partial charge in [0.1, 0.15) is 5.65 Å². The van der Waals surface area contributed by atoms with Crippen LogP contribution in [0, 0.1) is 0 Å². The van der Waals surface area contributed by atoms with Crippen molar-refractivity contribution < 1.29 is 0 Å². The maximum Gasteiger partial charge on any atom is 0.329 e. The lowest BCUT2D eigenvalue weighted by Crippen LogP contribution is -2.33. The van der Waals surface area contributed by atoms with E-state index in [-0.39, 0.29) is 11.2 Å². The van der Waals surface area contributed by atoms with Gasteiger partial charge in [0.25, 0.3) is 5.56 Å². The van der Waals surface area contributed by atoms with Gasteiger partial charge in [-0.2, -0.15) is 0 Å². The molecule has 0 amide bonds.